The Kier molecular flexibility index (Phi) is 4.87. The molecule has 2 heterocycles. The van der Waals surface area contributed by atoms with Crippen LogP contribution in [0.15, 0.2) is 11.4 Å². The minimum absolute atomic E-state index is 0.0705. The Morgan fingerprint density at radius 2 is 2.42 bits per heavy atom. The maximum Gasteiger partial charge on any atom is 0.313 e. The van der Waals surface area contributed by atoms with Crippen molar-refractivity contribution in [2.75, 3.05) is 25.9 Å². The van der Waals surface area contributed by atoms with Crippen LogP contribution in [0.4, 0.5) is 0 Å². The molecule has 1 aliphatic heterocycles. The van der Waals surface area contributed by atoms with E-state index in [0.717, 1.165) is 23.9 Å². The molecule has 0 radical (unpaired) electrons. The van der Waals surface area contributed by atoms with Crippen LogP contribution in [-0.4, -0.2) is 51.4 Å². The Balaban J connectivity index is 2.00. The van der Waals surface area contributed by atoms with Crippen molar-refractivity contribution in [3.8, 4) is 0 Å². The van der Waals surface area contributed by atoms with Crippen LogP contribution in [0.1, 0.15) is 18.5 Å². The highest BCUT2D eigenvalue weighted by Gasteiger charge is 2.19. The smallest absolute Gasteiger partial charge is 0.313 e. The number of aliphatic carboxylic acids is 1. The fourth-order valence-electron chi connectivity index (χ4n) is 2.60. The molecule has 106 valence electrons. The molecule has 1 unspecified atom stereocenters. The van der Waals surface area contributed by atoms with Gasteiger partial charge in [0.25, 0.3) is 0 Å². The number of nitrogens with zero attached hydrogens (tertiary/aromatic N) is 3. The van der Waals surface area contributed by atoms with Gasteiger partial charge in [-0.15, -0.1) is 0 Å². The maximum absolute atomic E-state index is 10.7. The Morgan fingerprint density at radius 3 is 3.11 bits per heavy atom. The van der Waals surface area contributed by atoms with E-state index in [2.05, 4.69) is 21.5 Å². The van der Waals surface area contributed by atoms with Gasteiger partial charge in [-0.2, -0.15) is 0 Å². The van der Waals surface area contributed by atoms with Crippen LogP contribution in [0.5, 0.6) is 0 Å². The Hall–Kier alpha value is -1.01. The molecule has 0 saturated carbocycles. The molecule has 2 rings (SSSR count). The van der Waals surface area contributed by atoms with Crippen LogP contribution in [-0.2, 0) is 11.3 Å². The minimum Gasteiger partial charge on any atom is -0.481 e. The van der Waals surface area contributed by atoms with Gasteiger partial charge in [-0.05, 0) is 39.3 Å². The first-order valence-electron chi connectivity index (χ1n) is 6.61. The Bertz CT molecular complexity index is 447. The minimum atomic E-state index is -0.797. The van der Waals surface area contributed by atoms with E-state index in [1.807, 2.05) is 13.1 Å². The molecule has 0 bridgehead atoms. The van der Waals surface area contributed by atoms with Gasteiger partial charge in [-0.25, -0.2) is 4.98 Å². The quantitative estimate of drug-likeness (QED) is 0.834. The van der Waals surface area contributed by atoms with E-state index >= 15 is 0 Å². The Morgan fingerprint density at radius 1 is 1.63 bits per heavy atom. The number of aromatic nitrogens is 2. The van der Waals surface area contributed by atoms with Crippen LogP contribution < -0.4 is 0 Å². The van der Waals surface area contributed by atoms with Crippen molar-refractivity contribution < 1.29 is 9.90 Å². The van der Waals surface area contributed by atoms with Crippen molar-refractivity contribution in [2.24, 2.45) is 5.92 Å². The van der Waals surface area contributed by atoms with E-state index < -0.39 is 5.97 Å². The van der Waals surface area contributed by atoms with Crippen molar-refractivity contribution in [2.45, 2.75) is 31.5 Å². The highest BCUT2D eigenvalue weighted by atomic mass is 32.2. The zero-order valence-corrected chi connectivity index (χ0v) is 12.3. The average Bonchev–Trinajstić information content (AvgIpc) is 2.67. The summed E-state index contributed by atoms with van der Waals surface area (Å²) in [4.78, 5) is 17.4. The van der Waals surface area contributed by atoms with Gasteiger partial charge in [-0.3, -0.25) is 4.79 Å². The zero-order valence-electron chi connectivity index (χ0n) is 11.5. The number of hydrogen-bond acceptors (Lipinski definition) is 4. The lowest BCUT2D eigenvalue weighted by atomic mass is 9.98. The molecule has 1 aromatic heterocycles. The third-order valence-electron chi connectivity index (χ3n) is 3.36. The number of hydrogen-bond donors (Lipinski definition) is 1. The molecule has 1 atom stereocenters. The first kappa shape index (κ1) is 14.4. The largest absolute Gasteiger partial charge is 0.481 e. The van der Waals surface area contributed by atoms with Crippen molar-refractivity contribution in [3.05, 3.63) is 11.9 Å². The second-order valence-corrected chi connectivity index (χ2v) is 6.21. The summed E-state index contributed by atoms with van der Waals surface area (Å²) in [5, 5.41) is 9.59. The summed E-state index contributed by atoms with van der Waals surface area (Å²) in [5.41, 5.74) is 0.956. The van der Waals surface area contributed by atoms with Crippen molar-refractivity contribution >= 4 is 17.7 Å². The lowest BCUT2D eigenvalue weighted by Crippen LogP contribution is -2.34. The van der Waals surface area contributed by atoms with Crippen molar-refractivity contribution in [3.63, 3.8) is 0 Å². The molecular weight excluding hydrogens is 262 g/mol. The molecular formula is C13H21N3O2S. The SMILES string of the molecule is Cc1cn(CC2CCCN(C)C2)c(SCC(=O)O)n1. The standard InChI is InChI=1S/C13H21N3O2S/c1-10-6-16(13(14-10)19-9-12(17)18)8-11-4-3-5-15(2)7-11/h6,11H,3-5,7-9H2,1-2H3,(H,17,18). The number of carboxylic acids is 1. The molecule has 0 spiro atoms. The molecule has 1 aliphatic rings. The fraction of sp³-hybridized carbons (Fsp3) is 0.692. The summed E-state index contributed by atoms with van der Waals surface area (Å²) in [6, 6.07) is 0. The molecule has 1 saturated heterocycles. The number of carboxylic acid groups (broad SMARTS) is 1. The zero-order chi connectivity index (χ0) is 13.8. The summed E-state index contributed by atoms with van der Waals surface area (Å²) in [6.07, 6.45) is 4.51. The molecule has 6 heteroatoms. The summed E-state index contributed by atoms with van der Waals surface area (Å²) in [6.45, 7) is 5.18. The predicted octanol–water partition coefficient (Wildman–Crippen LogP) is 1.71. The van der Waals surface area contributed by atoms with E-state index in [0.29, 0.717) is 5.92 Å². The lowest BCUT2D eigenvalue weighted by Gasteiger charge is -2.30. The van der Waals surface area contributed by atoms with Gasteiger partial charge in [0.05, 0.1) is 11.4 Å². The summed E-state index contributed by atoms with van der Waals surface area (Å²) < 4.78 is 2.12. The lowest BCUT2D eigenvalue weighted by molar-refractivity contribution is -0.133. The third-order valence-corrected chi connectivity index (χ3v) is 4.34. The average molecular weight is 283 g/mol. The molecule has 1 N–H and O–H groups in total. The van der Waals surface area contributed by atoms with Crippen molar-refractivity contribution in [1.29, 1.82) is 0 Å². The van der Waals surface area contributed by atoms with Crippen LogP contribution >= 0.6 is 11.8 Å². The topological polar surface area (TPSA) is 58.4 Å². The van der Waals surface area contributed by atoms with E-state index in [1.165, 1.54) is 31.1 Å². The predicted molar refractivity (Wildman–Crippen MR) is 75.5 cm³/mol. The van der Waals surface area contributed by atoms with E-state index in [-0.39, 0.29) is 5.75 Å². The highest BCUT2D eigenvalue weighted by molar-refractivity contribution is 7.99. The molecule has 19 heavy (non-hydrogen) atoms. The first-order valence-corrected chi connectivity index (χ1v) is 7.60. The summed E-state index contributed by atoms with van der Waals surface area (Å²) >= 11 is 1.30. The number of rotatable bonds is 5. The number of imidazole rings is 1. The molecule has 1 fully saturated rings. The number of carbonyl (C=O) groups is 1. The second kappa shape index (κ2) is 6.43. The molecule has 0 aromatic carbocycles. The molecule has 0 aliphatic carbocycles. The van der Waals surface area contributed by atoms with E-state index in [9.17, 15) is 4.79 Å². The van der Waals surface area contributed by atoms with Gasteiger partial charge in [0, 0.05) is 19.3 Å². The van der Waals surface area contributed by atoms with Gasteiger partial charge in [0.2, 0.25) is 0 Å². The number of likely N-dealkylation sites (tertiary alicyclic amines) is 1. The van der Waals surface area contributed by atoms with Gasteiger partial charge in [0.15, 0.2) is 5.16 Å². The fourth-order valence-corrected chi connectivity index (χ4v) is 3.35. The van der Waals surface area contributed by atoms with E-state index in [4.69, 9.17) is 5.11 Å². The molecule has 5 nitrogen and oxygen atoms in total. The van der Waals surface area contributed by atoms with Crippen LogP contribution in [0.2, 0.25) is 0 Å². The van der Waals surface area contributed by atoms with Gasteiger partial charge < -0.3 is 14.6 Å². The van der Waals surface area contributed by atoms with Crippen molar-refractivity contribution in [1.82, 2.24) is 14.5 Å². The van der Waals surface area contributed by atoms with Gasteiger partial charge in [0.1, 0.15) is 0 Å². The third kappa shape index (κ3) is 4.24. The van der Waals surface area contributed by atoms with Crippen LogP contribution in [0.25, 0.3) is 0 Å². The first-order chi connectivity index (χ1) is 9.04. The Labute approximate surface area is 118 Å². The second-order valence-electron chi connectivity index (χ2n) is 5.27. The normalized spacial score (nSPS) is 20.6. The molecule has 0 amide bonds. The van der Waals surface area contributed by atoms with Gasteiger partial charge >= 0.3 is 5.97 Å². The summed E-state index contributed by atoms with van der Waals surface area (Å²) in [7, 11) is 2.16. The number of thioether (sulfide) groups is 1. The van der Waals surface area contributed by atoms with Gasteiger partial charge in [-0.1, -0.05) is 11.8 Å². The monoisotopic (exact) mass is 283 g/mol. The maximum atomic E-state index is 10.7. The number of aryl methyl sites for hydroxylation is 1. The van der Waals surface area contributed by atoms with Crippen LogP contribution in [0, 0.1) is 12.8 Å². The van der Waals surface area contributed by atoms with E-state index in [1.54, 1.807) is 0 Å². The van der Waals surface area contributed by atoms with Crippen LogP contribution in [0.3, 0.4) is 0 Å². The summed E-state index contributed by atoms with van der Waals surface area (Å²) in [5.74, 6) is -0.0905. The number of piperidine rings is 1. The highest BCUT2D eigenvalue weighted by Crippen LogP contribution is 2.22. The molecule has 1 aromatic rings.